The lowest BCUT2D eigenvalue weighted by atomic mass is 10.1. The minimum Gasteiger partial charge on any atom is -0.494 e. The van der Waals surface area contributed by atoms with Crippen molar-refractivity contribution >= 4 is 22.6 Å². The zero-order valence-corrected chi connectivity index (χ0v) is 15.7. The van der Waals surface area contributed by atoms with E-state index in [4.69, 9.17) is 18.6 Å². The number of hydrogen-bond donors (Lipinski definition) is 1. The van der Waals surface area contributed by atoms with E-state index in [9.17, 15) is 4.79 Å². The zero-order valence-electron chi connectivity index (χ0n) is 15.7. The smallest absolute Gasteiger partial charge is 0.291 e. The third-order valence-electron chi connectivity index (χ3n) is 4.00. The van der Waals surface area contributed by atoms with E-state index in [0.29, 0.717) is 41.5 Å². The highest BCUT2D eigenvalue weighted by Gasteiger charge is 2.21. The van der Waals surface area contributed by atoms with Gasteiger partial charge in [-0.15, -0.1) is 0 Å². The first-order valence-corrected chi connectivity index (χ1v) is 8.88. The molecule has 0 aliphatic rings. The van der Waals surface area contributed by atoms with Gasteiger partial charge in [-0.2, -0.15) is 0 Å². The number of ether oxygens (including phenoxy) is 3. The minimum atomic E-state index is -0.368. The molecule has 3 rings (SSSR count). The highest BCUT2D eigenvalue weighted by atomic mass is 16.5. The summed E-state index contributed by atoms with van der Waals surface area (Å²) in [5.74, 6) is 1.08. The lowest BCUT2D eigenvalue weighted by Crippen LogP contribution is -2.14. The summed E-state index contributed by atoms with van der Waals surface area (Å²) in [4.78, 5) is 12.9. The summed E-state index contributed by atoms with van der Waals surface area (Å²) in [7, 11) is 1.59. The standard InChI is InChI=1S/C21H23NO5/c1-4-25-14-10-11-19(26-5-2)17(12-14)22-21(23)20-16(13-24-3)15-8-6-7-9-18(15)27-20/h6-12H,4-5,13H2,1-3H3,(H,22,23). The monoisotopic (exact) mass is 369 g/mol. The van der Waals surface area contributed by atoms with Gasteiger partial charge in [0.1, 0.15) is 17.1 Å². The van der Waals surface area contributed by atoms with Crippen LogP contribution in [-0.4, -0.2) is 26.2 Å². The van der Waals surface area contributed by atoms with Gasteiger partial charge in [-0.25, -0.2) is 0 Å². The predicted molar refractivity (Wildman–Crippen MR) is 104 cm³/mol. The molecular formula is C21H23NO5. The average molecular weight is 369 g/mol. The molecular weight excluding hydrogens is 346 g/mol. The van der Waals surface area contributed by atoms with Crippen LogP contribution in [0.2, 0.25) is 0 Å². The van der Waals surface area contributed by atoms with Gasteiger partial charge in [0.2, 0.25) is 0 Å². The van der Waals surface area contributed by atoms with Crippen LogP contribution in [-0.2, 0) is 11.3 Å². The number of carbonyl (C=O) groups excluding carboxylic acids is 1. The zero-order chi connectivity index (χ0) is 19.2. The number of para-hydroxylation sites is 1. The summed E-state index contributed by atoms with van der Waals surface area (Å²) in [6, 6.07) is 12.8. The average Bonchev–Trinajstić information content (AvgIpc) is 3.03. The Morgan fingerprint density at radius 2 is 1.85 bits per heavy atom. The van der Waals surface area contributed by atoms with Crippen molar-refractivity contribution in [1.29, 1.82) is 0 Å². The molecule has 1 heterocycles. The molecule has 0 atom stereocenters. The van der Waals surface area contributed by atoms with Crippen molar-refractivity contribution in [3.8, 4) is 11.5 Å². The molecule has 3 aromatic rings. The summed E-state index contributed by atoms with van der Waals surface area (Å²) in [5, 5.41) is 3.74. The molecule has 2 aromatic carbocycles. The van der Waals surface area contributed by atoms with Gasteiger partial charge >= 0.3 is 0 Å². The quantitative estimate of drug-likeness (QED) is 0.627. The molecule has 27 heavy (non-hydrogen) atoms. The van der Waals surface area contributed by atoms with Crippen molar-refractivity contribution in [2.75, 3.05) is 25.6 Å². The van der Waals surface area contributed by atoms with Gasteiger partial charge < -0.3 is 23.9 Å². The number of hydrogen-bond acceptors (Lipinski definition) is 5. The molecule has 0 aliphatic heterocycles. The summed E-state index contributed by atoms with van der Waals surface area (Å²) in [6.07, 6.45) is 0. The van der Waals surface area contributed by atoms with Gasteiger partial charge in [-0.1, -0.05) is 18.2 Å². The topological polar surface area (TPSA) is 69.9 Å². The number of benzene rings is 2. The molecule has 0 unspecified atom stereocenters. The molecule has 1 N–H and O–H groups in total. The van der Waals surface area contributed by atoms with Crippen molar-refractivity contribution < 1.29 is 23.4 Å². The second-order valence-electron chi connectivity index (χ2n) is 5.82. The van der Waals surface area contributed by atoms with E-state index in [1.54, 1.807) is 19.2 Å². The highest BCUT2D eigenvalue weighted by Crippen LogP contribution is 2.32. The lowest BCUT2D eigenvalue weighted by Gasteiger charge is -2.13. The molecule has 0 radical (unpaired) electrons. The maximum Gasteiger partial charge on any atom is 0.291 e. The normalized spacial score (nSPS) is 10.8. The molecule has 0 bridgehead atoms. The van der Waals surface area contributed by atoms with E-state index in [-0.39, 0.29) is 18.3 Å². The summed E-state index contributed by atoms with van der Waals surface area (Å²) in [5.41, 5.74) is 1.88. The van der Waals surface area contributed by atoms with Crippen LogP contribution in [0.25, 0.3) is 11.0 Å². The molecule has 0 spiro atoms. The van der Waals surface area contributed by atoms with Gasteiger partial charge in [0.15, 0.2) is 5.76 Å². The van der Waals surface area contributed by atoms with Crippen LogP contribution < -0.4 is 14.8 Å². The molecule has 0 aliphatic carbocycles. The first-order chi connectivity index (χ1) is 13.2. The van der Waals surface area contributed by atoms with Crippen LogP contribution in [0.15, 0.2) is 46.9 Å². The minimum absolute atomic E-state index is 0.224. The van der Waals surface area contributed by atoms with Crippen molar-refractivity contribution in [3.63, 3.8) is 0 Å². The Labute approximate surface area is 158 Å². The fourth-order valence-electron chi connectivity index (χ4n) is 2.89. The van der Waals surface area contributed by atoms with Crippen LogP contribution in [0, 0.1) is 0 Å². The molecule has 0 saturated heterocycles. The fraction of sp³-hybridized carbons (Fsp3) is 0.286. The van der Waals surface area contributed by atoms with E-state index in [1.165, 1.54) is 0 Å². The van der Waals surface area contributed by atoms with Crippen molar-refractivity contribution in [2.45, 2.75) is 20.5 Å². The SMILES string of the molecule is CCOc1ccc(OCC)c(NC(=O)c2oc3ccccc3c2COC)c1. The molecule has 6 nitrogen and oxygen atoms in total. The van der Waals surface area contributed by atoms with Crippen LogP contribution in [0.1, 0.15) is 30.0 Å². The molecule has 0 fully saturated rings. The lowest BCUT2D eigenvalue weighted by molar-refractivity contribution is 0.0991. The molecule has 6 heteroatoms. The van der Waals surface area contributed by atoms with E-state index < -0.39 is 0 Å². The fourth-order valence-corrected chi connectivity index (χ4v) is 2.89. The third kappa shape index (κ3) is 4.06. The summed E-state index contributed by atoms with van der Waals surface area (Å²) in [6.45, 7) is 5.08. The highest BCUT2D eigenvalue weighted by molar-refractivity contribution is 6.07. The van der Waals surface area contributed by atoms with Crippen molar-refractivity contribution in [2.24, 2.45) is 0 Å². The summed E-state index contributed by atoms with van der Waals surface area (Å²) >= 11 is 0. The largest absolute Gasteiger partial charge is 0.494 e. The Balaban J connectivity index is 1.96. The predicted octanol–water partition coefficient (Wildman–Crippen LogP) is 4.63. The Morgan fingerprint density at radius 3 is 2.59 bits per heavy atom. The van der Waals surface area contributed by atoms with E-state index in [1.807, 2.05) is 44.2 Å². The number of anilines is 1. The van der Waals surface area contributed by atoms with Gasteiger partial charge in [0.05, 0.1) is 25.5 Å². The first-order valence-electron chi connectivity index (χ1n) is 8.88. The Bertz CT molecular complexity index is 931. The first kappa shape index (κ1) is 18.8. The van der Waals surface area contributed by atoms with E-state index >= 15 is 0 Å². The van der Waals surface area contributed by atoms with Crippen molar-refractivity contribution in [3.05, 3.63) is 53.8 Å². The van der Waals surface area contributed by atoms with Crippen LogP contribution in [0.4, 0.5) is 5.69 Å². The number of nitrogens with one attached hydrogen (secondary N) is 1. The van der Waals surface area contributed by atoms with E-state index in [2.05, 4.69) is 5.32 Å². The molecule has 1 aromatic heterocycles. The van der Waals surface area contributed by atoms with Gasteiger partial charge in [0, 0.05) is 24.1 Å². The molecule has 0 saturated carbocycles. The van der Waals surface area contributed by atoms with Gasteiger partial charge in [0.25, 0.3) is 5.91 Å². The van der Waals surface area contributed by atoms with Gasteiger partial charge in [-0.05, 0) is 32.0 Å². The number of furan rings is 1. The second kappa shape index (κ2) is 8.60. The van der Waals surface area contributed by atoms with Crippen LogP contribution in [0.5, 0.6) is 11.5 Å². The Morgan fingerprint density at radius 1 is 1.07 bits per heavy atom. The number of rotatable bonds is 8. The number of amides is 1. The Hall–Kier alpha value is -2.99. The van der Waals surface area contributed by atoms with Gasteiger partial charge in [-0.3, -0.25) is 4.79 Å². The number of carbonyl (C=O) groups is 1. The maximum absolute atomic E-state index is 12.9. The maximum atomic E-state index is 12.9. The van der Waals surface area contributed by atoms with Crippen LogP contribution in [0.3, 0.4) is 0 Å². The Kier molecular flexibility index (Phi) is 5.98. The molecule has 142 valence electrons. The number of methoxy groups -OCH3 is 1. The molecule has 1 amide bonds. The second-order valence-corrected chi connectivity index (χ2v) is 5.82. The number of fused-ring (bicyclic) bond motifs is 1. The summed E-state index contributed by atoms with van der Waals surface area (Å²) < 4.78 is 22.2. The third-order valence-corrected chi connectivity index (χ3v) is 4.00. The van der Waals surface area contributed by atoms with Crippen LogP contribution >= 0.6 is 0 Å². The van der Waals surface area contributed by atoms with E-state index in [0.717, 1.165) is 5.39 Å². The van der Waals surface area contributed by atoms with Crippen molar-refractivity contribution in [1.82, 2.24) is 0 Å².